The van der Waals surface area contributed by atoms with Gasteiger partial charge in [-0.05, 0) is 49.8 Å². The Hall–Kier alpha value is -3.27. The number of para-hydroxylation sites is 1. The van der Waals surface area contributed by atoms with Crippen LogP contribution in [-0.2, 0) is 19.1 Å². The van der Waals surface area contributed by atoms with E-state index in [-0.39, 0.29) is 41.1 Å². The number of likely N-dealkylation sites (tertiary alicyclic amines) is 1. The van der Waals surface area contributed by atoms with Crippen LogP contribution in [0.3, 0.4) is 0 Å². The third kappa shape index (κ3) is 6.22. The lowest BCUT2D eigenvalue weighted by Crippen LogP contribution is -2.61. The number of nitrogens with zero attached hydrogens (tertiary/aromatic N) is 3. The van der Waals surface area contributed by atoms with Crippen molar-refractivity contribution in [3.8, 4) is 0 Å². The number of carbonyl (C=O) groups excluding carboxylic acids is 3. The molecule has 0 radical (unpaired) electrons. The molecule has 3 unspecified atom stereocenters. The van der Waals surface area contributed by atoms with Crippen molar-refractivity contribution < 1.29 is 24.2 Å². The number of aliphatic hydroxyl groups is 1. The maximum atomic E-state index is 15.2. The van der Waals surface area contributed by atoms with E-state index in [1.807, 2.05) is 74.5 Å². The van der Waals surface area contributed by atoms with Crippen molar-refractivity contribution in [3.05, 3.63) is 91.5 Å². The van der Waals surface area contributed by atoms with E-state index in [1.165, 1.54) is 4.90 Å². The maximum Gasteiger partial charge on any atom is 0.249 e. The standard InChI is InChI=1S/C38H48BrN3O5/c1-8-20-40(26-18-14-11-15-19-26)33(44)29-30-34(45)42(28(23-43)25-16-12-10-13-17-25)32(38(30)22-27(39)31(29)47-38)35(46)41(21-9-2)37(6,7)24-36(3,4)5/h8-19,27-32,43H,1-2,20-24H2,3-7H3/t27?,28-,29+,30+,31+,32?,38?/m1/s1. The molecular weight excluding hydrogens is 658 g/mol. The zero-order valence-electron chi connectivity index (χ0n) is 28.1. The number of halogens is 1. The minimum atomic E-state index is -1.29. The summed E-state index contributed by atoms with van der Waals surface area (Å²) >= 11 is 3.81. The summed E-state index contributed by atoms with van der Waals surface area (Å²) in [6.45, 7) is 18.4. The monoisotopic (exact) mass is 705 g/mol. The Morgan fingerprint density at radius 2 is 1.62 bits per heavy atom. The summed E-state index contributed by atoms with van der Waals surface area (Å²) < 4.78 is 6.86. The lowest BCUT2D eigenvalue weighted by molar-refractivity contribution is -0.155. The molecule has 7 atom stereocenters. The molecule has 3 heterocycles. The highest BCUT2D eigenvalue weighted by Crippen LogP contribution is 2.62. The quantitative estimate of drug-likeness (QED) is 0.219. The van der Waals surface area contributed by atoms with E-state index >= 15 is 4.79 Å². The Morgan fingerprint density at radius 3 is 2.17 bits per heavy atom. The van der Waals surface area contributed by atoms with Crippen LogP contribution in [0.5, 0.6) is 0 Å². The Kier molecular flexibility index (Phi) is 9.94. The normalized spacial score (nSPS) is 27.3. The molecule has 9 heteroatoms. The summed E-state index contributed by atoms with van der Waals surface area (Å²) in [5.74, 6) is -2.66. The molecule has 2 bridgehead atoms. The van der Waals surface area contributed by atoms with Gasteiger partial charge in [-0.2, -0.15) is 0 Å². The summed E-state index contributed by atoms with van der Waals surface area (Å²) in [6, 6.07) is 16.7. The average Bonchev–Trinajstić information content (AvgIpc) is 3.61. The zero-order valence-corrected chi connectivity index (χ0v) is 29.7. The molecule has 1 spiro atoms. The van der Waals surface area contributed by atoms with E-state index in [2.05, 4.69) is 49.9 Å². The zero-order chi connectivity index (χ0) is 34.3. The van der Waals surface area contributed by atoms with Crippen LogP contribution in [0.2, 0.25) is 0 Å². The van der Waals surface area contributed by atoms with Gasteiger partial charge in [0.2, 0.25) is 17.7 Å². The SMILES string of the molecule is C=CCN(C(=O)[C@H]1[C@H]2C(=O)N([C@H](CO)c3ccccc3)C(C(=O)N(CC=C)C(C)(C)CC(C)(C)C)C23CC(Br)[C@@H]1O3)c1ccccc1. The Morgan fingerprint density at radius 1 is 1.02 bits per heavy atom. The van der Waals surface area contributed by atoms with Crippen molar-refractivity contribution in [1.82, 2.24) is 9.80 Å². The van der Waals surface area contributed by atoms with E-state index in [0.717, 1.165) is 0 Å². The molecule has 47 heavy (non-hydrogen) atoms. The second kappa shape index (κ2) is 13.3. The molecule has 2 aromatic rings. The van der Waals surface area contributed by atoms with E-state index in [9.17, 15) is 14.7 Å². The van der Waals surface area contributed by atoms with Crippen molar-refractivity contribution in [3.63, 3.8) is 0 Å². The van der Waals surface area contributed by atoms with Crippen molar-refractivity contribution >= 4 is 39.3 Å². The fourth-order valence-corrected chi connectivity index (χ4v) is 9.48. The molecule has 0 aliphatic carbocycles. The number of alkyl halides is 1. The van der Waals surface area contributed by atoms with Crippen LogP contribution in [-0.4, -0.2) is 80.4 Å². The van der Waals surface area contributed by atoms with E-state index < -0.39 is 47.8 Å². The molecule has 3 saturated heterocycles. The lowest BCUT2D eigenvalue weighted by Gasteiger charge is -2.46. The van der Waals surface area contributed by atoms with Crippen molar-refractivity contribution in [2.75, 3.05) is 24.6 Å². The van der Waals surface area contributed by atoms with Gasteiger partial charge in [-0.3, -0.25) is 14.4 Å². The first-order chi connectivity index (χ1) is 22.2. The van der Waals surface area contributed by atoms with Gasteiger partial charge >= 0.3 is 0 Å². The molecule has 3 fully saturated rings. The molecule has 3 aliphatic rings. The van der Waals surface area contributed by atoms with Gasteiger partial charge in [0.1, 0.15) is 11.6 Å². The van der Waals surface area contributed by atoms with Gasteiger partial charge in [0.15, 0.2) is 0 Å². The number of hydrogen-bond donors (Lipinski definition) is 1. The minimum Gasteiger partial charge on any atom is -0.394 e. The van der Waals surface area contributed by atoms with Gasteiger partial charge in [0.05, 0.1) is 30.6 Å². The minimum absolute atomic E-state index is 0.0975. The number of aliphatic hydroxyl groups excluding tert-OH is 1. The predicted molar refractivity (Wildman–Crippen MR) is 188 cm³/mol. The summed E-state index contributed by atoms with van der Waals surface area (Å²) in [5.41, 5.74) is -0.605. The first-order valence-corrected chi connectivity index (χ1v) is 17.3. The Labute approximate surface area is 287 Å². The van der Waals surface area contributed by atoms with Crippen LogP contribution in [0.25, 0.3) is 0 Å². The summed E-state index contributed by atoms with van der Waals surface area (Å²) in [5, 5.41) is 10.9. The number of ether oxygens (including phenoxy) is 1. The smallest absolute Gasteiger partial charge is 0.249 e. The van der Waals surface area contributed by atoms with Crippen molar-refractivity contribution in [1.29, 1.82) is 0 Å². The van der Waals surface area contributed by atoms with Gasteiger partial charge in [0, 0.05) is 29.1 Å². The molecular formula is C38H48BrN3O5. The number of hydrogen-bond acceptors (Lipinski definition) is 5. The van der Waals surface area contributed by atoms with E-state index in [4.69, 9.17) is 4.74 Å². The van der Waals surface area contributed by atoms with E-state index in [1.54, 1.807) is 22.0 Å². The van der Waals surface area contributed by atoms with Crippen molar-refractivity contribution in [2.45, 2.75) is 81.6 Å². The van der Waals surface area contributed by atoms with Gasteiger partial charge in [-0.25, -0.2) is 0 Å². The highest BCUT2D eigenvalue weighted by molar-refractivity contribution is 9.09. The van der Waals surface area contributed by atoms with Crippen LogP contribution >= 0.6 is 15.9 Å². The van der Waals surface area contributed by atoms with Crippen LogP contribution in [0.4, 0.5) is 5.69 Å². The fourth-order valence-electron chi connectivity index (χ4n) is 8.54. The van der Waals surface area contributed by atoms with E-state index in [0.29, 0.717) is 24.1 Å². The number of benzene rings is 2. The third-order valence-corrected chi connectivity index (χ3v) is 10.7. The second-order valence-corrected chi connectivity index (χ2v) is 16.1. The number of carbonyl (C=O) groups is 3. The van der Waals surface area contributed by atoms with Gasteiger partial charge in [-0.1, -0.05) is 97.4 Å². The van der Waals surface area contributed by atoms with Gasteiger partial charge in [-0.15, -0.1) is 13.2 Å². The highest BCUT2D eigenvalue weighted by Gasteiger charge is 2.77. The Balaban J connectivity index is 1.67. The molecule has 1 N–H and O–H groups in total. The first-order valence-electron chi connectivity index (χ1n) is 16.4. The lowest BCUT2D eigenvalue weighted by atomic mass is 9.69. The molecule has 3 aliphatic heterocycles. The van der Waals surface area contributed by atoms with Crippen LogP contribution in [0.15, 0.2) is 86.0 Å². The molecule has 252 valence electrons. The number of rotatable bonds is 12. The maximum absolute atomic E-state index is 15.2. The molecule has 3 amide bonds. The largest absolute Gasteiger partial charge is 0.394 e. The summed E-state index contributed by atoms with van der Waals surface area (Å²) in [4.78, 5) is 49.6. The third-order valence-electron chi connectivity index (χ3n) is 9.86. The summed E-state index contributed by atoms with van der Waals surface area (Å²) in [7, 11) is 0. The van der Waals surface area contributed by atoms with Crippen LogP contribution in [0, 0.1) is 17.3 Å². The first kappa shape index (κ1) is 35.0. The van der Waals surface area contributed by atoms with Crippen molar-refractivity contribution in [2.24, 2.45) is 17.3 Å². The molecule has 0 aromatic heterocycles. The molecule has 5 rings (SSSR count). The molecule has 2 aromatic carbocycles. The Bertz CT molecular complexity index is 1490. The van der Waals surface area contributed by atoms with Crippen LogP contribution < -0.4 is 4.90 Å². The second-order valence-electron chi connectivity index (χ2n) is 14.9. The number of amides is 3. The van der Waals surface area contributed by atoms with Crippen LogP contribution in [0.1, 0.15) is 59.1 Å². The molecule has 8 nitrogen and oxygen atoms in total. The molecule has 0 saturated carbocycles. The predicted octanol–water partition coefficient (Wildman–Crippen LogP) is 5.92. The average molecular weight is 707 g/mol. The number of fused-ring (bicyclic) bond motifs is 1. The van der Waals surface area contributed by atoms with Gasteiger partial charge in [0.25, 0.3) is 0 Å². The topological polar surface area (TPSA) is 90.4 Å². The number of anilines is 1. The van der Waals surface area contributed by atoms with Gasteiger partial charge < -0.3 is 24.5 Å². The summed E-state index contributed by atoms with van der Waals surface area (Å²) in [6.07, 6.45) is 3.81. The highest BCUT2D eigenvalue weighted by atomic mass is 79.9. The fraction of sp³-hybridized carbons (Fsp3) is 0.500.